The van der Waals surface area contributed by atoms with Crippen molar-refractivity contribution >= 4 is 5.95 Å². The second kappa shape index (κ2) is 5.34. The van der Waals surface area contributed by atoms with Crippen LogP contribution in [0, 0.1) is 5.92 Å². The molecule has 0 bridgehead atoms. The van der Waals surface area contributed by atoms with Crippen LogP contribution in [0.25, 0.3) is 0 Å². The maximum absolute atomic E-state index is 5.08. The Kier molecular flexibility index (Phi) is 3.83. The van der Waals surface area contributed by atoms with E-state index in [1.54, 1.807) is 7.11 Å². The summed E-state index contributed by atoms with van der Waals surface area (Å²) in [6.45, 7) is 3.91. The van der Waals surface area contributed by atoms with Crippen LogP contribution in [0.2, 0.25) is 0 Å². The molecule has 4 heteroatoms. The number of aromatic nitrogens is 2. The minimum Gasteiger partial charge on any atom is -0.383 e. The number of rotatable bonds is 5. The largest absolute Gasteiger partial charge is 0.383 e. The van der Waals surface area contributed by atoms with Gasteiger partial charge in [0.1, 0.15) is 0 Å². The SMILES string of the molecule is COCCn1ccnc1NC1CCC(C)C1. The summed E-state index contributed by atoms with van der Waals surface area (Å²) < 4.78 is 7.20. The molecule has 1 heterocycles. The molecule has 0 radical (unpaired) electrons. The molecule has 2 rings (SSSR count). The van der Waals surface area contributed by atoms with Crippen LogP contribution in [-0.4, -0.2) is 29.3 Å². The second-order valence-corrected chi connectivity index (χ2v) is 4.70. The van der Waals surface area contributed by atoms with Gasteiger partial charge in [-0.1, -0.05) is 6.92 Å². The van der Waals surface area contributed by atoms with Crippen molar-refractivity contribution < 1.29 is 4.74 Å². The Balaban J connectivity index is 1.90. The molecule has 2 atom stereocenters. The summed E-state index contributed by atoms with van der Waals surface area (Å²) in [4.78, 5) is 4.35. The van der Waals surface area contributed by atoms with Gasteiger partial charge in [0.15, 0.2) is 0 Å². The molecule has 1 aliphatic rings. The molecule has 0 saturated heterocycles. The van der Waals surface area contributed by atoms with E-state index < -0.39 is 0 Å². The molecule has 1 aliphatic carbocycles. The molecule has 0 spiro atoms. The summed E-state index contributed by atoms with van der Waals surface area (Å²) in [7, 11) is 1.72. The average Bonchev–Trinajstić information content (AvgIpc) is 2.86. The molecule has 1 aromatic heterocycles. The van der Waals surface area contributed by atoms with Gasteiger partial charge in [-0.3, -0.25) is 0 Å². The normalized spacial score (nSPS) is 24.9. The van der Waals surface area contributed by atoms with Gasteiger partial charge in [0.25, 0.3) is 0 Å². The zero-order chi connectivity index (χ0) is 11.4. The molecule has 16 heavy (non-hydrogen) atoms. The zero-order valence-corrected chi connectivity index (χ0v) is 10.1. The Morgan fingerprint density at radius 2 is 2.44 bits per heavy atom. The zero-order valence-electron chi connectivity index (χ0n) is 10.1. The van der Waals surface area contributed by atoms with Gasteiger partial charge < -0.3 is 14.6 Å². The highest BCUT2D eigenvalue weighted by atomic mass is 16.5. The van der Waals surface area contributed by atoms with Gasteiger partial charge in [-0.25, -0.2) is 4.98 Å². The van der Waals surface area contributed by atoms with E-state index in [9.17, 15) is 0 Å². The van der Waals surface area contributed by atoms with Crippen molar-refractivity contribution in [3.05, 3.63) is 12.4 Å². The Hall–Kier alpha value is -1.03. The fraction of sp³-hybridized carbons (Fsp3) is 0.750. The summed E-state index contributed by atoms with van der Waals surface area (Å²) in [6.07, 6.45) is 7.70. The van der Waals surface area contributed by atoms with E-state index in [0.717, 1.165) is 25.0 Å². The first-order chi connectivity index (χ1) is 7.79. The minimum absolute atomic E-state index is 0.596. The quantitative estimate of drug-likeness (QED) is 0.831. The first-order valence-corrected chi connectivity index (χ1v) is 6.06. The van der Waals surface area contributed by atoms with Crippen LogP contribution < -0.4 is 5.32 Å². The van der Waals surface area contributed by atoms with Crippen LogP contribution in [-0.2, 0) is 11.3 Å². The lowest BCUT2D eigenvalue weighted by Gasteiger charge is -2.14. The monoisotopic (exact) mass is 223 g/mol. The molecule has 0 aromatic carbocycles. The molecule has 2 unspecified atom stereocenters. The highest BCUT2D eigenvalue weighted by molar-refractivity contribution is 5.28. The van der Waals surface area contributed by atoms with Gasteiger partial charge in [-0.05, 0) is 25.2 Å². The van der Waals surface area contributed by atoms with Crippen molar-refractivity contribution in [1.29, 1.82) is 0 Å². The van der Waals surface area contributed by atoms with Gasteiger partial charge in [-0.2, -0.15) is 0 Å². The molecule has 1 saturated carbocycles. The highest BCUT2D eigenvalue weighted by Gasteiger charge is 2.22. The van der Waals surface area contributed by atoms with Crippen LogP contribution in [0.3, 0.4) is 0 Å². The van der Waals surface area contributed by atoms with E-state index >= 15 is 0 Å². The lowest BCUT2D eigenvalue weighted by atomic mass is 10.1. The second-order valence-electron chi connectivity index (χ2n) is 4.70. The van der Waals surface area contributed by atoms with Gasteiger partial charge in [0, 0.05) is 32.1 Å². The Labute approximate surface area is 97.0 Å². The minimum atomic E-state index is 0.596. The Morgan fingerprint density at radius 1 is 1.56 bits per heavy atom. The number of methoxy groups -OCH3 is 1. The van der Waals surface area contributed by atoms with E-state index in [1.807, 2.05) is 12.4 Å². The van der Waals surface area contributed by atoms with Gasteiger partial charge in [0.05, 0.1) is 6.61 Å². The van der Waals surface area contributed by atoms with E-state index in [1.165, 1.54) is 19.3 Å². The number of nitrogens with zero attached hydrogens (tertiary/aromatic N) is 2. The third-order valence-electron chi connectivity index (χ3n) is 3.28. The highest BCUT2D eigenvalue weighted by Crippen LogP contribution is 2.26. The number of ether oxygens (including phenoxy) is 1. The Bertz CT molecular complexity index is 324. The summed E-state index contributed by atoms with van der Waals surface area (Å²) in [5.74, 6) is 1.83. The number of hydrogen-bond acceptors (Lipinski definition) is 3. The first-order valence-electron chi connectivity index (χ1n) is 6.06. The third-order valence-corrected chi connectivity index (χ3v) is 3.28. The van der Waals surface area contributed by atoms with Crippen LogP contribution >= 0.6 is 0 Å². The fourth-order valence-corrected chi connectivity index (χ4v) is 2.34. The molecule has 1 fully saturated rings. The van der Waals surface area contributed by atoms with Crippen LogP contribution in [0.15, 0.2) is 12.4 Å². The molecule has 1 aromatic rings. The van der Waals surface area contributed by atoms with Crippen molar-refractivity contribution in [1.82, 2.24) is 9.55 Å². The standard InChI is InChI=1S/C12H21N3O/c1-10-3-4-11(9-10)14-12-13-5-6-15(12)7-8-16-2/h5-6,10-11H,3-4,7-9H2,1-2H3,(H,13,14). The van der Waals surface area contributed by atoms with Gasteiger partial charge in [-0.15, -0.1) is 0 Å². The van der Waals surface area contributed by atoms with Crippen molar-refractivity contribution in [2.45, 2.75) is 38.8 Å². The molecule has 0 aliphatic heterocycles. The summed E-state index contributed by atoms with van der Waals surface area (Å²) in [5, 5.41) is 3.53. The van der Waals surface area contributed by atoms with E-state index in [4.69, 9.17) is 4.74 Å². The van der Waals surface area contributed by atoms with Gasteiger partial charge >= 0.3 is 0 Å². The van der Waals surface area contributed by atoms with Crippen LogP contribution in [0.5, 0.6) is 0 Å². The summed E-state index contributed by atoms with van der Waals surface area (Å²) in [6, 6.07) is 0.596. The van der Waals surface area contributed by atoms with E-state index in [-0.39, 0.29) is 0 Å². The number of hydrogen-bond donors (Lipinski definition) is 1. The molecular formula is C12H21N3O. The third kappa shape index (κ3) is 2.76. The lowest BCUT2D eigenvalue weighted by molar-refractivity contribution is 0.187. The number of anilines is 1. The van der Waals surface area contributed by atoms with Crippen molar-refractivity contribution in [2.75, 3.05) is 19.0 Å². The lowest BCUT2D eigenvalue weighted by Crippen LogP contribution is -2.19. The molecule has 1 N–H and O–H groups in total. The van der Waals surface area contributed by atoms with Gasteiger partial charge in [0.2, 0.25) is 5.95 Å². The maximum atomic E-state index is 5.08. The molecular weight excluding hydrogens is 202 g/mol. The maximum Gasteiger partial charge on any atom is 0.203 e. The predicted molar refractivity (Wildman–Crippen MR) is 64.5 cm³/mol. The number of imidazole rings is 1. The van der Waals surface area contributed by atoms with E-state index in [0.29, 0.717) is 6.04 Å². The van der Waals surface area contributed by atoms with Crippen molar-refractivity contribution in [3.8, 4) is 0 Å². The smallest absolute Gasteiger partial charge is 0.203 e. The summed E-state index contributed by atoms with van der Waals surface area (Å²) in [5.41, 5.74) is 0. The fourth-order valence-electron chi connectivity index (χ4n) is 2.34. The van der Waals surface area contributed by atoms with Crippen LogP contribution in [0.4, 0.5) is 5.95 Å². The predicted octanol–water partition coefficient (Wildman–Crippen LogP) is 2.13. The first kappa shape index (κ1) is 11.5. The van der Waals surface area contributed by atoms with Crippen molar-refractivity contribution in [3.63, 3.8) is 0 Å². The summed E-state index contributed by atoms with van der Waals surface area (Å²) >= 11 is 0. The van der Waals surface area contributed by atoms with E-state index in [2.05, 4.69) is 21.8 Å². The molecule has 0 amide bonds. The van der Waals surface area contributed by atoms with Crippen molar-refractivity contribution in [2.24, 2.45) is 5.92 Å². The Morgan fingerprint density at radius 3 is 3.12 bits per heavy atom. The average molecular weight is 223 g/mol. The molecule has 90 valence electrons. The molecule has 4 nitrogen and oxygen atoms in total. The topological polar surface area (TPSA) is 39.1 Å². The van der Waals surface area contributed by atoms with Crippen LogP contribution in [0.1, 0.15) is 26.2 Å². The number of nitrogens with one attached hydrogen (secondary N) is 1.